The summed E-state index contributed by atoms with van der Waals surface area (Å²) in [5.41, 5.74) is 3.47. The van der Waals surface area contributed by atoms with Gasteiger partial charge in [0.1, 0.15) is 18.3 Å². The number of nitrogens with one attached hydrogen (secondary N) is 1. The lowest BCUT2D eigenvalue weighted by atomic mass is 9.96. The van der Waals surface area contributed by atoms with Crippen LogP contribution in [-0.4, -0.2) is 86.1 Å². The highest BCUT2D eigenvalue weighted by Crippen LogP contribution is 2.28. The molecule has 210 valence electrons. The van der Waals surface area contributed by atoms with Gasteiger partial charge < -0.3 is 15.0 Å². The lowest BCUT2D eigenvalue weighted by molar-refractivity contribution is -0.384. The van der Waals surface area contributed by atoms with E-state index in [-0.39, 0.29) is 16.5 Å². The molecule has 1 heterocycles. The van der Waals surface area contributed by atoms with Gasteiger partial charge in [0.05, 0.1) is 11.0 Å². The number of anilines is 1. The van der Waals surface area contributed by atoms with Crippen molar-refractivity contribution in [3.63, 3.8) is 0 Å². The van der Waals surface area contributed by atoms with Crippen molar-refractivity contribution in [2.45, 2.75) is 44.7 Å². The third-order valence-electron chi connectivity index (χ3n) is 7.44. The minimum absolute atomic E-state index is 0.147. The summed E-state index contributed by atoms with van der Waals surface area (Å²) in [6.45, 7) is 4.58. The molecule has 0 aromatic heterocycles. The molecule has 0 aliphatic carbocycles. The molecule has 1 fully saturated rings. The smallest absolute Gasteiger partial charge is 0.292 e. The topological polar surface area (TPSA) is 116 Å². The summed E-state index contributed by atoms with van der Waals surface area (Å²) in [7, 11) is 3.43. The molecular formula is C29H39N5O5. The molecule has 10 heteroatoms. The van der Waals surface area contributed by atoms with Crippen LogP contribution in [0.5, 0.6) is 0 Å². The monoisotopic (exact) mass is 537 g/mol. The molecule has 2 aromatic carbocycles. The average molecular weight is 538 g/mol. The summed E-state index contributed by atoms with van der Waals surface area (Å²) in [4.78, 5) is 52.6. The number of piperazine rings is 1. The Morgan fingerprint density at radius 3 is 2.51 bits per heavy atom. The molecule has 0 saturated carbocycles. The zero-order valence-corrected chi connectivity index (χ0v) is 22.9. The van der Waals surface area contributed by atoms with Crippen LogP contribution < -0.4 is 10.2 Å². The number of aryl methyl sites for hydroxylation is 1. The van der Waals surface area contributed by atoms with Crippen molar-refractivity contribution in [2.24, 2.45) is 0 Å². The van der Waals surface area contributed by atoms with Gasteiger partial charge >= 0.3 is 0 Å². The molecule has 1 aliphatic heterocycles. The molecule has 0 radical (unpaired) electrons. The van der Waals surface area contributed by atoms with Gasteiger partial charge in [0.25, 0.3) is 5.69 Å². The predicted molar refractivity (Wildman–Crippen MR) is 151 cm³/mol. The quantitative estimate of drug-likeness (QED) is 0.160. The summed E-state index contributed by atoms with van der Waals surface area (Å²) < 4.78 is 0. The number of carbonyl (C=O) groups excluding carboxylic acids is 3. The van der Waals surface area contributed by atoms with Crippen molar-refractivity contribution >= 4 is 29.9 Å². The van der Waals surface area contributed by atoms with Crippen LogP contribution in [0.15, 0.2) is 42.5 Å². The Kier molecular flexibility index (Phi) is 11.6. The summed E-state index contributed by atoms with van der Waals surface area (Å²) in [5, 5.41) is 14.1. The summed E-state index contributed by atoms with van der Waals surface area (Å²) in [6, 6.07) is 12.2. The lowest BCUT2D eigenvalue weighted by Crippen LogP contribution is -2.46. The van der Waals surface area contributed by atoms with E-state index in [1.54, 1.807) is 25.2 Å². The van der Waals surface area contributed by atoms with Gasteiger partial charge in [-0.3, -0.25) is 29.5 Å². The van der Waals surface area contributed by atoms with E-state index in [0.717, 1.165) is 75.7 Å². The number of amides is 1. The molecule has 1 saturated heterocycles. The van der Waals surface area contributed by atoms with Crippen LogP contribution in [-0.2, 0) is 22.6 Å². The molecule has 3 rings (SSSR count). The van der Waals surface area contributed by atoms with Gasteiger partial charge in [0, 0.05) is 57.8 Å². The maximum Gasteiger partial charge on any atom is 0.292 e. The molecule has 1 amide bonds. The van der Waals surface area contributed by atoms with E-state index in [4.69, 9.17) is 0 Å². The number of benzene rings is 2. The normalized spacial score (nSPS) is 14.7. The Morgan fingerprint density at radius 2 is 1.85 bits per heavy atom. The summed E-state index contributed by atoms with van der Waals surface area (Å²) in [6.07, 6.45) is 5.16. The maximum atomic E-state index is 12.4. The summed E-state index contributed by atoms with van der Waals surface area (Å²) in [5.74, 6) is -0.147. The highest BCUT2D eigenvalue weighted by atomic mass is 16.6. The largest absolute Gasteiger partial charge is 0.363 e. The van der Waals surface area contributed by atoms with E-state index >= 15 is 0 Å². The second-order valence-corrected chi connectivity index (χ2v) is 9.92. The zero-order chi connectivity index (χ0) is 28.2. The van der Waals surface area contributed by atoms with Gasteiger partial charge in [-0.15, -0.1) is 0 Å². The van der Waals surface area contributed by atoms with Gasteiger partial charge in [0.15, 0.2) is 0 Å². The fourth-order valence-electron chi connectivity index (χ4n) is 5.24. The molecule has 39 heavy (non-hydrogen) atoms. The Balaban J connectivity index is 1.54. The van der Waals surface area contributed by atoms with E-state index in [0.29, 0.717) is 30.6 Å². The van der Waals surface area contributed by atoms with Gasteiger partial charge in [-0.1, -0.05) is 30.3 Å². The standard InChI is InChI=1S/C29H39N5O5/c1-30-29(37)28(14-8-20-35)31(2)21-25-23(10-7-11-24(25)22-36)9-5-6-15-32-16-18-33(19-17-32)26-12-3-4-13-27(26)34(38)39/h3-4,7,10-13,20,22,28H,5-6,8-9,14-19,21H2,1-2H3,(H,30,37). The van der Waals surface area contributed by atoms with Crippen LogP contribution in [0.1, 0.15) is 47.2 Å². The highest BCUT2D eigenvalue weighted by molar-refractivity contribution is 5.82. The molecule has 1 atom stereocenters. The van der Waals surface area contributed by atoms with Crippen LogP contribution in [0.25, 0.3) is 0 Å². The minimum Gasteiger partial charge on any atom is -0.363 e. The second-order valence-electron chi connectivity index (χ2n) is 9.92. The highest BCUT2D eigenvalue weighted by Gasteiger charge is 2.24. The van der Waals surface area contributed by atoms with Crippen molar-refractivity contribution in [1.29, 1.82) is 0 Å². The molecule has 0 bridgehead atoms. The van der Waals surface area contributed by atoms with E-state index in [2.05, 4.69) is 15.1 Å². The van der Waals surface area contributed by atoms with Crippen molar-refractivity contribution < 1.29 is 19.3 Å². The van der Waals surface area contributed by atoms with Gasteiger partial charge in [-0.25, -0.2) is 0 Å². The van der Waals surface area contributed by atoms with Crippen LogP contribution in [0.4, 0.5) is 11.4 Å². The second kappa shape index (κ2) is 15.1. The zero-order valence-electron chi connectivity index (χ0n) is 22.9. The van der Waals surface area contributed by atoms with Crippen molar-refractivity contribution in [1.82, 2.24) is 15.1 Å². The summed E-state index contributed by atoms with van der Waals surface area (Å²) >= 11 is 0. The first kappa shape index (κ1) is 29.9. The number of unbranched alkanes of at least 4 members (excludes halogenated alkanes) is 1. The van der Waals surface area contributed by atoms with E-state index in [1.807, 2.05) is 36.2 Å². The van der Waals surface area contributed by atoms with Crippen LogP contribution in [0.2, 0.25) is 0 Å². The fraction of sp³-hybridized carbons (Fsp3) is 0.483. The predicted octanol–water partition coefficient (Wildman–Crippen LogP) is 3.08. The molecule has 1 unspecified atom stereocenters. The third-order valence-corrected chi connectivity index (χ3v) is 7.44. The van der Waals surface area contributed by atoms with Crippen molar-refractivity contribution in [3.05, 3.63) is 69.3 Å². The van der Waals surface area contributed by atoms with Crippen molar-refractivity contribution in [2.75, 3.05) is 51.7 Å². The molecule has 1 N–H and O–H groups in total. The van der Waals surface area contributed by atoms with Crippen molar-refractivity contribution in [3.8, 4) is 0 Å². The van der Waals surface area contributed by atoms with Gasteiger partial charge in [-0.2, -0.15) is 0 Å². The molecule has 2 aromatic rings. The number of carbonyl (C=O) groups is 3. The van der Waals surface area contributed by atoms with Gasteiger partial charge in [0.2, 0.25) is 5.91 Å². The first-order valence-electron chi connectivity index (χ1n) is 13.5. The van der Waals surface area contributed by atoms with Gasteiger partial charge in [-0.05, 0) is 56.5 Å². The number of para-hydroxylation sites is 2. The number of nitrogens with zero attached hydrogens (tertiary/aromatic N) is 4. The Hall–Kier alpha value is -3.63. The lowest BCUT2D eigenvalue weighted by Gasteiger charge is -2.35. The third kappa shape index (κ3) is 8.18. The Labute approximate surface area is 230 Å². The number of rotatable bonds is 15. The fourth-order valence-corrected chi connectivity index (χ4v) is 5.24. The van der Waals surface area contributed by atoms with Crippen LogP contribution in [0.3, 0.4) is 0 Å². The number of nitro benzene ring substituents is 1. The Morgan fingerprint density at radius 1 is 1.10 bits per heavy atom. The number of aldehydes is 2. The first-order valence-corrected chi connectivity index (χ1v) is 13.5. The molecule has 10 nitrogen and oxygen atoms in total. The first-order chi connectivity index (χ1) is 18.9. The minimum atomic E-state index is -0.455. The van der Waals surface area contributed by atoms with E-state index < -0.39 is 6.04 Å². The van der Waals surface area contributed by atoms with Crippen LogP contribution >= 0.6 is 0 Å². The number of hydrogen-bond acceptors (Lipinski definition) is 8. The van der Waals surface area contributed by atoms with Crippen LogP contribution in [0, 0.1) is 10.1 Å². The molecular weight excluding hydrogens is 498 g/mol. The molecule has 0 spiro atoms. The number of nitro groups is 1. The molecule has 1 aliphatic rings. The number of hydrogen-bond donors (Lipinski definition) is 1. The number of likely N-dealkylation sites (N-methyl/N-ethyl adjacent to an activating group) is 2. The Bertz CT molecular complexity index is 1130. The maximum absolute atomic E-state index is 12.4. The van der Waals surface area contributed by atoms with E-state index in [1.165, 1.54) is 0 Å². The SMILES string of the molecule is CNC(=O)C(CCC=O)N(C)Cc1c(C=O)cccc1CCCCN1CCN(c2ccccc2[N+](=O)[O-])CC1. The van der Waals surface area contributed by atoms with E-state index in [9.17, 15) is 24.5 Å². The average Bonchev–Trinajstić information content (AvgIpc) is 2.96.